The molecule has 288 valence electrons. The molecule has 0 aliphatic carbocycles. The zero-order valence-electron chi connectivity index (χ0n) is 31.4. The maximum absolute atomic E-state index is 12.1. The number of nitrogens with zero attached hydrogens (tertiary/aromatic N) is 8. The van der Waals surface area contributed by atoms with E-state index in [4.69, 9.17) is 0 Å². The van der Waals surface area contributed by atoms with Gasteiger partial charge in [0.05, 0.1) is 42.9 Å². The van der Waals surface area contributed by atoms with Gasteiger partial charge in [-0.25, -0.2) is 43.6 Å². The van der Waals surface area contributed by atoms with E-state index < -0.39 is 60.1 Å². The Bertz CT molecular complexity index is 3640. The van der Waals surface area contributed by atoms with E-state index in [1.165, 1.54) is 24.3 Å². The van der Waals surface area contributed by atoms with Gasteiger partial charge in [0.2, 0.25) is 0 Å². The molecule has 0 saturated carbocycles. The van der Waals surface area contributed by atoms with Crippen molar-refractivity contribution in [3.8, 4) is 45.6 Å². The van der Waals surface area contributed by atoms with Gasteiger partial charge in [0, 0.05) is 44.8 Å². The zero-order valence-corrected chi connectivity index (χ0v) is 43.8. The SMILES string of the molecule is O=S(=O)([O-])c1ccc2c(c1)-c1nc-2nc2[n-]c(nc3nc(nc4[n-]c(n1)c1ccc(S(=O)(=O)[O-])cc41)-c1cc(S(=O)(=O)[O-])ccc1-3)c1cc(S(=O)(=O)[O-])ccc21.[Fe+2].[Na+].[Na+].[Na+].[Na+]. The van der Waals surface area contributed by atoms with Gasteiger partial charge in [-0.05, 0) is 70.1 Å². The molecule has 61 heavy (non-hydrogen) atoms. The molecule has 7 aromatic rings. The van der Waals surface area contributed by atoms with E-state index in [1.807, 2.05) is 0 Å². The molecular weight excluding hydrogens is 964 g/mol. The average molecular weight is 977 g/mol. The molecule has 0 fully saturated rings. The van der Waals surface area contributed by atoms with Gasteiger partial charge in [0.25, 0.3) is 0 Å². The van der Waals surface area contributed by atoms with Crippen molar-refractivity contribution in [2.75, 3.05) is 0 Å². The normalized spacial score (nSPS) is 12.1. The first-order chi connectivity index (χ1) is 26.2. The Morgan fingerprint density at radius 1 is 0.344 bits per heavy atom. The van der Waals surface area contributed by atoms with Crippen LogP contribution in [0.4, 0.5) is 0 Å². The summed E-state index contributed by atoms with van der Waals surface area (Å²) in [6.45, 7) is 0. The minimum Gasteiger partial charge on any atom is -0.744 e. The van der Waals surface area contributed by atoms with E-state index >= 15 is 0 Å². The number of rotatable bonds is 4. The van der Waals surface area contributed by atoms with Crippen LogP contribution in [0.3, 0.4) is 0 Å². The fraction of sp³-hybridized carbons (Fsp3) is 0. The van der Waals surface area contributed by atoms with Crippen LogP contribution in [0.5, 0.6) is 0 Å². The molecule has 0 saturated heterocycles. The molecule has 2 aliphatic heterocycles. The predicted molar refractivity (Wildman–Crippen MR) is 186 cm³/mol. The first-order valence-corrected chi connectivity index (χ1v) is 21.0. The number of hydrogen-bond acceptors (Lipinski definition) is 18. The second-order valence-electron chi connectivity index (χ2n) is 12.1. The van der Waals surface area contributed by atoms with Gasteiger partial charge in [0.15, 0.2) is 0 Å². The molecule has 0 amide bonds. The van der Waals surface area contributed by atoms with E-state index in [0.717, 1.165) is 48.5 Å². The van der Waals surface area contributed by atoms with Gasteiger partial charge in [0.1, 0.15) is 40.5 Å². The molecule has 3 aromatic heterocycles. The molecule has 0 N–H and O–H groups in total. The smallest absolute Gasteiger partial charge is 0.744 e. The quantitative estimate of drug-likeness (QED) is 0.117. The van der Waals surface area contributed by atoms with E-state index in [0.29, 0.717) is 0 Å². The third-order valence-electron chi connectivity index (χ3n) is 8.74. The van der Waals surface area contributed by atoms with Gasteiger partial charge in [-0.3, -0.25) is 0 Å². The minimum atomic E-state index is -5.04. The van der Waals surface area contributed by atoms with E-state index in [1.54, 1.807) is 0 Å². The Hall–Kier alpha value is -1.60. The summed E-state index contributed by atoms with van der Waals surface area (Å²) in [5, 5.41) is 0.169. The fourth-order valence-electron chi connectivity index (χ4n) is 6.20. The first kappa shape index (κ1) is 52.0. The van der Waals surface area contributed by atoms with Gasteiger partial charge in [-0.1, -0.05) is 24.3 Å². The van der Waals surface area contributed by atoms with Crippen molar-refractivity contribution in [1.82, 2.24) is 39.9 Å². The Morgan fingerprint density at radius 2 is 0.607 bits per heavy atom. The molecule has 0 radical (unpaired) electrons. The summed E-state index contributed by atoms with van der Waals surface area (Å²) in [7, 11) is -20.1. The fourth-order valence-corrected chi connectivity index (χ4v) is 8.19. The van der Waals surface area contributed by atoms with Crippen LogP contribution >= 0.6 is 0 Å². The first-order valence-electron chi connectivity index (χ1n) is 15.3. The van der Waals surface area contributed by atoms with Crippen LogP contribution in [0, 0.1) is 0 Å². The Kier molecular flexibility index (Phi) is 15.7. The number of hydrogen-bond donors (Lipinski definition) is 0. The van der Waals surface area contributed by atoms with Crippen LogP contribution < -0.4 is 128 Å². The topological polar surface area (TPSA) is 334 Å². The third-order valence-corrected chi connectivity index (χ3v) is 12.1. The summed E-state index contributed by atoms with van der Waals surface area (Å²) in [5.74, 6) is -0.882. The van der Waals surface area contributed by atoms with Crippen molar-refractivity contribution >= 4 is 84.6 Å². The molecule has 8 bridgehead atoms. The third kappa shape index (κ3) is 9.70. The summed E-state index contributed by atoms with van der Waals surface area (Å²) >= 11 is 0. The van der Waals surface area contributed by atoms with Crippen molar-refractivity contribution < 1.29 is 187 Å². The Balaban J connectivity index is 0.00000164. The van der Waals surface area contributed by atoms with Crippen molar-refractivity contribution in [3.63, 3.8) is 0 Å². The van der Waals surface area contributed by atoms with Gasteiger partial charge in [-0.15, -0.1) is 0 Å². The maximum Gasteiger partial charge on any atom is 2.00 e. The van der Waals surface area contributed by atoms with E-state index in [-0.39, 0.29) is 225 Å². The standard InChI is InChI=1S/C32H16N8O12S4.Fe.4Na/c41-53(42,43)13-1-5-17-21(9-13)29-34-25(17)33-26-18-6-2-14(54(44,45)46)10-22(18)30(35-26)37-28-20-8-4-16(56(50,51)52)12-24(20)32(39-28)40-31-23-11-15(55(47,48)49)3-7-19(23)27(36-29)38-31;;;;;/h1-12H,(H4-2,33,34,35,36,37,38,39,40,41,42,43,44,45,46,47,48,49,50,51,52);;;;;/q-2;+2;4*+1/p-4. The monoisotopic (exact) mass is 976 g/mol. The van der Waals surface area contributed by atoms with E-state index in [9.17, 15) is 51.9 Å². The van der Waals surface area contributed by atoms with Crippen molar-refractivity contribution in [1.29, 1.82) is 0 Å². The van der Waals surface area contributed by atoms with Crippen LogP contribution in [0.25, 0.3) is 89.7 Å². The molecular formula is C32H12FeN8Na4O12S4. The molecule has 20 nitrogen and oxygen atoms in total. The molecule has 29 heteroatoms. The number of benzene rings is 4. The maximum atomic E-state index is 12.1. The second-order valence-corrected chi connectivity index (χ2v) is 17.6. The molecule has 2 aliphatic rings. The average Bonchev–Trinajstić information content (AvgIpc) is 3.84. The molecule has 0 atom stereocenters. The summed E-state index contributed by atoms with van der Waals surface area (Å²) in [4.78, 5) is 33.1. The number of aromatic nitrogens is 8. The summed E-state index contributed by atoms with van der Waals surface area (Å²) in [5.41, 5.74) is -0.712. The molecule has 9 rings (SSSR count). The minimum absolute atomic E-state index is 0. The summed E-state index contributed by atoms with van der Waals surface area (Å²) < 4.78 is 145. The van der Waals surface area contributed by atoms with E-state index in [2.05, 4.69) is 39.9 Å². The Morgan fingerprint density at radius 3 is 0.918 bits per heavy atom. The van der Waals surface area contributed by atoms with Crippen LogP contribution in [0.2, 0.25) is 0 Å². The van der Waals surface area contributed by atoms with Crippen molar-refractivity contribution in [2.24, 2.45) is 0 Å². The van der Waals surface area contributed by atoms with Crippen molar-refractivity contribution in [2.45, 2.75) is 19.6 Å². The molecule has 5 heterocycles. The summed E-state index contributed by atoms with van der Waals surface area (Å²) in [6.07, 6.45) is 0. The molecule has 0 spiro atoms. The Labute approximate surface area is 443 Å². The van der Waals surface area contributed by atoms with Crippen molar-refractivity contribution in [3.05, 3.63) is 72.8 Å². The largest absolute Gasteiger partial charge is 2.00 e. The number of fused-ring (bicyclic) bond motifs is 20. The zero-order chi connectivity index (χ0) is 39.7. The van der Waals surface area contributed by atoms with Crippen LogP contribution in [0.15, 0.2) is 92.4 Å². The van der Waals surface area contributed by atoms with Gasteiger partial charge < -0.3 is 48.1 Å². The summed E-state index contributed by atoms with van der Waals surface area (Å²) in [6, 6.07) is 12.9. The van der Waals surface area contributed by atoms with Crippen LogP contribution in [-0.2, 0) is 57.5 Å². The van der Waals surface area contributed by atoms with Crippen LogP contribution in [0.1, 0.15) is 0 Å². The van der Waals surface area contributed by atoms with Gasteiger partial charge in [-0.2, -0.15) is 0 Å². The molecule has 4 aromatic carbocycles. The second kappa shape index (κ2) is 18.3. The predicted octanol–water partition coefficient (Wildman–Crippen LogP) is -10.2. The van der Waals surface area contributed by atoms with Crippen LogP contribution in [-0.4, -0.2) is 81.8 Å². The van der Waals surface area contributed by atoms with Gasteiger partial charge >= 0.3 is 135 Å². The molecule has 0 unspecified atom stereocenters.